The number of carbonyl (C=O) groups is 3. The summed E-state index contributed by atoms with van der Waals surface area (Å²) in [7, 11) is 0. The van der Waals surface area contributed by atoms with Crippen LogP contribution in [-0.4, -0.2) is 42.0 Å². The molecule has 0 bridgehead atoms. The molecule has 0 aliphatic carbocycles. The van der Waals surface area contributed by atoms with E-state index >= 15 is 0 Å². The fraction of sp³-hybridized carbons (Fsp3) is 0.318. The Morgan fingerprint density at radius 3 is 2.59 bits per heavy atom. The smallest absolute Gasteiger partial charge is 0.313 e. The summed E-state index contributed by atoms with van der Waals surface area (Å²) in [6.07, 6.45) is 0.918. The molecule has 1 fully saturated rings. The molecular weight excluding hydrogens is 370 g/mol. The maximum atomic E-state index is 12.2. The molecule has 1 aliphatic rings. The van der Waals surface area contributed by atoms with Crippen LogP contribution in [0.1, 0.15) is 24.0 Å². The number of amides is 3. The van der Waals surface area contributed by atoms with Gasteiger partial charge in [0.05, 0.1) is 6.10 Å². The molecule has 7 nitrogen and oxygen atoms in total. The van der Waals surface area contributed by atoms with Gasteiger partial charge in [0.1, 0.15) is 0 Å². The summed E-state index contributed by atoms with van der Waals surface area (Å²) in [5.74, 6) is -1.59. The molecule has 3 rings (SSSR count). The molecule has 3 amide bonds. The van der Waals surface area contributed by atoms with Crippen LogP contribution in [0.4, 0.5) is 11.4 Å². The quantitative estimate of drug-likeness (QED) is 0.650. The predicted molar refractivity (Wildman–Crippen MR) is 111 cm³/mol. The van der Waals surface area contributed by atoms with Crippen molar-refractivity contribution in [1.82, 2.24) is 5.32 Å². The van der Waals surface area contributed by atoms with E-state index in [0.29, 0.717) is 25.1 Å². The Morgan fingerprint density at radius 2 is 1.90 bits per heavy atom. The number of nitrogens with zero attached hydrogens (tertiary/aromatic N) is 1. The van der Waals surface area contributed by atoms with Gasteiger partial charge in [0, 0.05) is 37.3 Å². The van der Waals surface area contributed by atoms with Crippen LogP contribution >= 0.6 is 0 Å². The Labute approximate surface area is 169 Å². The van der Waals surface area contributed by atoms with Gasteiger partial charge < -0.3 is 20.6 Å². The molecule has 1 atom stereocenters. The third-order valence-electron chi connectivity index (χ3n) is 4.85. The average molecular weight is 395 g/mol. The van der Waals surface area contributed by atoms with E-state index in [4.69, 9.17) is 0 Å². The standard InChI is InChI=1S/C22H25N3O4/c1-15-9-10-17(13-19(15)25-11-5-8-20(25)27)24-22(29)21(28)23-14-18(26)12-16-6-3-2-4-7-16/h2-4,6-7,9-10,13,18,26H,5,8,11-12,14H2,1H3,(H,23,28)(H,24,29). The van der Waals surface area contributed by atoms with E-state index in [1.165, 1.54) is 0 Å². The number of rotatable bonds is 6. The van der Waals surface area contributed by atoms with E-state index in [1.807, 2.05) is 37.3 Å². The lowest BCUT2D eigenvalue weighted by atomic mass is 10.1. The molecule has 1 heterocycles. The molecule has 0 saturated carbocycles. The Morgan fingerprint density at radius 1 is 1.14 bits per heavy atom. The van der Waals surface area contributed by atoms with Crippen LogP contribution in [-0.2, 0) is 20.8 Å². The van der Waals surface area contributed by atoms with E-state index in [-0.39, 0.29) is 12.5 Å². The van der Waals surface area contributed by atoms with Crippen LogP contribution in [0, 0.1) is 6.92 Å². The zero-order valence-electron chi connectivity index (χ0n) is 16.4. The number of anilines is 2. The maximum absolute atomic E-state index is 12.2. The lowest BCUT2D eigenvalue weighted by molar-refractivity contribution is -0.136. The number of aliphatic hydroxyl groups is 1. The third kappa shape index (κ3) is 5.42. The zero-order chi connectivity index (χ0) is 20.8. The average Bonchev–Trinajstić information content (AvgIpc) is 3.14. The van der Waals surface area contributed by atoms with Crippen LogP contribution in [0.2, 0.25) is 0 Å². The number of hydrogen-bond donors (Lipinski definition) is 3. The molecule has 2 aromatic carbocycles. The number of benzene rings is 2. The Bertz CT molecular complexity index is 898. The molecule has 2 aromatic rings. The minimum absolute atomic E-state index is 0.0252. The van der Waals surface area contributed by atoms with Gasteiger partial charge in [-0.3, -0.25) is 14.4 Å². The second kappa shape index (κ2) is 9.34. The molecule has 1 unspecified atom stereocenters. The van der Waals surface area contributed by atoms with Crippen molar-refractivity contribution in [3.05, 3.63) is 59.7 Å². The molecule has 0 aromatic heterocycles. The summed E-state index contributed by atoms with van der Waals surface area (Å²) in [5.41, 5.74) is 3.05. The van der Waals surface area contributed by atoms with Crippen molar-refractivity contribution in [3.8, 4) is 0 Å². The molecule has 29 heavy (non-hydrogen) atoms. The van der Waals surface area contributed by atoms with E-state index < -0.39 is 17.9 Å². The summed E-state index contributed by atoms with van der Waals surface area (Å²) in [6.45, 7) is 2.52. The van der Waals surface area contributed by atoms with Gasteiger partial charge in [-0.2, -0.15) is 0 Å². The van der Waals surface area contributed by atoms with Crippen molar-refractivity contribution in [1.29, 1.82) is 0 Å². The van der Waals surface area contributed by atoms with Gasteiger partial charge >= 0.3 is 11.8 Å². The fourth-order valence-corrected chi connectivity index (χ4v) is 3.32. The largest absolute Gasteiger partial charge is 0.391 e. The van der Waals surface area contributed by atoms with Gasteiger partial charge in [-0.05, 0) is 36.6 Å². The summed E-state index contributed by atoms with van der Waals surface area (Å²) in [5, 5.41) is 15.0. The normalized spacial score (nSPS) is 14.6. The van der Waals surface area contributed by atoms with Crippen molar-refractivity contribution in [2.45, 2.75) is 32.3 Å². The Balaban J connectivity index is 1.54. The highest BCUT2D eigenvalue weighted by atomic mass is 16.3. The number of hydrogen-bond acceptors (Lipinski definition) is 4. The lowest BCUT2D eigenvalue weighted by Gasteiger charge is -2.19. The lowest BCUT2D eigenvalue weighted by Crippen LogP contribution is -2.40. The van der Waals surface area contributed by atoms with Crippen LogP contribution in [0.5, 0.6) is 0 Å². The molecule has 0 spiro atoms. The Hall–Kier alpha value is -3.19. The highest BCUT2D eigenvalue weighted by molar-refractivity contribution is 6.39. The topological polar surface area (TPSA) is 98.7 Å². The minimum Gasteiger partial charge on any atom is -0.391 e. The third-order valence-corrected chi connectivity index (χ3v) is 4.85. The second-order valence-corrected chi connectivity index (χ2v) is 7.16. The van der Waals surface area contributed by atoms with Gasteiger partial charge in [0.2, 0.25) is 5.91 Å². The minimum atomic E-state index is -0.823. The highest BCUT2D eigenvalue weighted by Crippen LogP contribution is 2.28. The van der Waals surface area contributed by atoms with Crippen molar-refractivity contribution in [2.24, 2.45) is 0 Å². The highest BCUT2D eigenvalue weighted by Gasteiger charge is 2.23. The van der Waals surface area contributed by atoms with Gasteiger partial charge in [0.15, 0.2) is 0 Å². The number of aryl methyl sites for hydroxylation is 1. The summed E-state index contributed by atoms with van der Waals surface area (Å²) in [6, 6.07) is 14.6. The summed E-state index contributed by atoms with van der Waals surface area (Å²) < 4.78 is 0. The second-order valence-electron chi connectivity index (χ2n) is 7.16. The van der Waals surface area contributed by atoms with Crippen molar-refractivity contribution in [2.75, 3.05) is 23.3 Å². The van der Waals surface area contributed by atoms with E-state index in [2.05, 4.69) is 10.6 Å². The summed E-state index contributed by atoms with van der Waals surface area (Å²) in [4.78, 5) is 37.9. The number of carbonyl (C=O) groups excluding carboxylic acids is 3. The van der Waals surface area contributed by atoms with Gasteiger partial charge in [-0.25, -0.2) is 0 Å². The molecule has 1 aliphatic heterocycles. The van der Waals surface area contributed by atoms with Crippen LogP contribution < -0.4 is 15.5 Å². The van der Waals surface area contributed by atoms with E-state index in [9.17, 15) is 19.5 Å². The van der Waals surface area contributed by atoms with Crippen molar-refractivity contribution < 1.29 is 19.5 Å². The molecular formula is C22H25N3O4. The first-order chi connectivity index (χ1) is 13.9. The number of nitrogens with one attached hydrogen (secondary N) is 2. The van der Waals surface area contributed by atoms with Gasteiger partial charge in [0.25, 0.3) is 0 Å². The Kier molecular flexibility index (Phi) is 6.61. The zero-order valence-corrected chi connectivity index (χ0v) is 16.4. The SMILES string of the molecule is Cc1ccc(NC(=O)C(=O)NCC(O)Cc2ccccc2)cc1N1CCCC1=O. The molecule has 1 saturated heterocycles. The first kappa shape index (κ1) is 20.5. The van der Waals surface area contributed by atoms with E-state index in [1.54, 1.807) is 23.1 Å². The van der Waals surface area contributed by atoms with Crippen LogP contribution in [0.3, 0.4) is 0 Å². The van der Waals surface area contributed by atoms with E-state index in [0.717, 1.165) is 23.2 Å². The first-order valence-corrected chi connectivity index (χ1v) is 9.66. The fourth-order valence-electron chi connectivity index (χ4n) is 3.32. The first-order valence-electron chi connectivity index (χ1n) is 9.66. The van der Waals surface area contributed by atoms with Gasteiger partial charge in [-0.1, -0.05) is 36.4 Å². The summed E-state index contributed by atoms with van der Waals surface area (Å²) >= 11 is 0. The maximum Gasteiger partial charge on any atom is 0.313 e. The molecule has 152 valence electrons. The molecule has 0 radical (unpaired) electrons. The predicted octanol–water partition coefficient (Wildman–Crippen LogP) is 1.78. The monoisotopic (exact) mass is 395 g/mol. The van der Waals surface area contributed by atoms with Crippen molar-refractivity contribution in [3.63, 3.8) is 0 Å². The van der Waals surface area contributed by atoms with Crippen molar-refractivity contribution >= 4 is 29.1 Å². The van der Waals surface area contributed by atoms with Gasteiger partial charge in [-0.15, -0.1) is 0 Å². The van der Waals surface area contributed by atoms with Crippen LogP contribution in [0.25, 0.3) is 0 Å². The molecule has 7 heteroatoms. The molecule has 3 N–H and O–H groups in total. The van der Waals surface area contributed by atoms with Crippen LogP contribution in [0.15, 0.2) is 48.5 Å². The number of aliphatic hydroxyl groups excluding tert-OH is 1.